The van der Waals surface area contributed by atoms with Gasteiger partial charge in [0.2, 0.25) is 0 Å². The molecule has 1 heterocycles. The average Bonchev–Trinajstić information content (AvgIpc) is 3.20. The van der Waals surface area contributed by atoms with E-state index in [4.69, 9.17) is 5.11 Å². The summed E-state index contributed by atoms with van der Waals surface area (Å²) in [5, 5.41) is 30.4. The zero-order valence-electron chi connectivity index (χ0n) is 16.7. The Kier molecular flexibility index (Phi) is 7.60. The van der Waals surface area contributed by atoms with E-state index in [0.717, 1.165) is 15.0 Å². The lowest BCUT2D eigenvalue weighted by molar-refractivity contribution is -0.137. The van der Waals surface area contributed by atoms with E-state index < -0.39 is 42.4 Å². The van der Waals surface area contributed by atoms with Crippen molar-refractivity contribution in [2.75, 3.05) is 0 Å². The smallest absolute Gasteiger partial charge is 0.303 e. The molecule has 1 aliphatic rings. The van der Waals surface area contributed by atoms with Crippen molar-refractivity contribution >= 4 is 27.4 Å². The number of carbonyl (C=O) groups is 1. The van der Waals surface area contributed by atoms with Crippen molar-refractivity contribution in [1.29, 1.82) is 0 Å². The number of thiophene rings is 1. The second-order valence-corrected chi connectivity index (χ2v) is 9.19. The highest BCUT2D eigenvalue weighted by molar-refractivity contribution is 7.19. The van der Waals surface area contributed by atoms with Crippen LogP contribution in [-0.2, 0) is 4.79 Å². The Balaban J connectivity index is 1.60. The predicted molar refractivity (Wildman–Crippen MR) is 114 cm³/mol. The molecule has 0 unspecified atom stereocenters. The molecule has 3 N–H and O–H groups in total. The first kappa shape index (κ1) is 22.8. The number of unbranched alkanes of at least 4 members (excludes halogenated alkanes) is 3. The minimum atomic E-state index is -2.95. The summed E-state index contributed by atoms with van der Waals surface area (Å²) in [5.41, 5.74) is 0. The number of carboxylic acid groups (broad SMARTS) is 1. The highest BCUT2D eigenvalue weighted by atomic mass is 32.1. The van der Waals surface area contributed by atoms with Crippen LogP contribution in [0.2, 0.25) is 0 Å². The van der Waals surface area contributed by atoms with Gasteiger partial charge in [0.05, 0.1) is 6.10 Å². The first-order valence-electron chi connectivity index (χ1n) is 10.4. The summed E-state index contributed by atoms with van der Waals surface area (Å²) in [5.74, 6) is -5.47. The van der Waals surface area contributed by atoms with Crippen molar-refractivity contribution < 1.29 is 28.9 Å². The normalized spacial score (nSPS) is 24.6. The third kappa shape index (κ3) is 5.65. The van der Waals surface area contributed by atoms with Crippen molar-refractivity contribution in [3.63, 3.8) is 0 Å². The maximum absolute atomic E-state index is 14.4. The van der Waals surface area contributed by atoms with E-state index in [1.54, 1.807) is 6.08 Å². The quantitative estimate of drug-likeness (QED) is 0.336. The van der Waals surface area contributed by atoms with Gasteiger partial charge >= 0.3 is 5.97 Å². The summed E-state index contributed by atoms with van der Waals surface area (Å²) >= 11 is 1.46. The number of hydrogen-bond donors (Lipinski definition) is 3. The van der Waals surface area contributed by atoms with Crippen LogP contribution in [0, 0.1) is 11.8 Å². The molecule has 0 amide bonds. The molecule has 0 saturated heterocycles. The molecule has 1 aromatic carbocycles. The fourth-order valence-electron chi connectivity index (χ4n) is 4.25. The molecule has 4 atom stereocenters. The lowest BCUT2D eigenvalue weighted by Gasteiger charge is -2.23. The molecule has 0 spiro atoms. The van der Waals surface area contributed by atoms with Gasteiger partial charge in [0.1, 0.15) is 6.10 Å². The monoisotopic (exact) mass is 438 g/mol. The van der Waals surface area contributed by atoms with Crippen molar-refractivity contribution in [2.45, 2.75) is 63.1 Å². The summed E-state index contributed by atoms with van der Waals surface area (Å²) < 4.78 is 29.9. The summed E-state index contributed by atoms with van der Waals surface area (Å²) in [6, 6.07) is 9.66. The van der Waals surface area contributed by atoms with Crippen LogP contribution in [0.15, 0.2) is 42.5 Å². The fraction of sp³-hybridized carbons (Fsp3) is 0.522. The molecule has 1 fully saturated rings. The Morgan fingerprint density at radius 1 is 1.23 bits per heavy atom. The number of hydrogen-bond acceptors (Lipinski definition) is 4. The molecule has 164 valence electrons. The third-order valence-corrected chi connectivity index (χ3v) is 7.03. The minimum absolute atomic E-state index is 0.0965. The second kappa shape index (κ2) is 9.98. The van der Waals surface area contributed by atoms with Crippen LogP contribution in [0.4, 0.5) is 8.78 Å². The largest absolute Gasteiger partial charge is 0.481 e. The highest BCUT2D eigenvalue weighted by Crippen LogP contribution is 2.48. The number of rotatable bonds is 10. The molecule has 1 saturated carbocycles. The van der Waals surface area contributed by atoms with Gasteiger partial charge in [-0.15, -0.1) is 11.3 Å². The fourth-order valence-corrected chi connectivity index (χ4v) is 5.28. The van der Waals surface area contributed by atoms with E-state index in [1.165, 1.54) is 17.4 Å². The molecule has 2 aromatic rings. The molecule has 30 heavy (non-hydrogen) atoms. The Labute approximate surface area is 178 Å². The van der Waals surface area contributed by atoms with E-state index in [-0.39, 0.29) is 12.8 Å². The highest BCUT2D eigenvalue weighted by Gasteiger charge is 2.53. The molecule has 3 rings (SSSR count). The molecular formula is C23H28F2O4S. The van der Waals surface area contributed by atoms with E-state index >= 15 is 0 Å². The van der Waals surface area contributed by atoms with Crippen LogP contribution in [0.25, 0.3) is 10.1 Å². The molecule has 7 heteroatoms. The lowest BCUT2D eigenvalue weighted by Crippen LogP contribution is -2.25. The number of aliphatic hydroxyl groups excluding tert-OH is 2. The topological polar surface area (TPSA) is 77.8 Å². The number of fused-ring (bicyclic) bond motifs is 1. The lowest BCUT2D eigenvalue weighted by atomic mass is 9.87. The number of aliphatic hydroxyl groups is 2. The molecule has 0 bridgehead atoms. The maximum atomic E-state index is 14.4. The van der Waals surface area contributed by atoms with Crippen molar-refractivity contribution in [2.24, 2.45) is 11.8 Å². The third-order valence-electron chi connectivity index (χ3n) is 5.84. The second-order valence-electron chi connectivity index (χ2n) is 8.08. The number of aliphatic carboxylic acids is 1. The Morgan fingerprint density at radius 3 is 2.70 bits per heavy atom. The van der Waals surface area contributed by atoms with E-state index in [1.807, 2.05) is 30.3 Å². The summed E-state index contributed by atoms with van der Waals surface area (Å²) in [6.07, 6.45) is 3.32. The van der Waals surface area contributed by atoms with E-state index in [9.17, 15) is 23.8 Å². The van der Waals surface area contributed by atoms with Crippen LogP contribution in [-0.4, -0.2) is 33.3 Å². The summed E-state index contributed by atoms with van der Waals surface area (Å²) in [4.78, 5) is 11.3. The van der Waals surface area contributed by atoms with Gasteiger partial charge in [-0.25, -0.2) is 8.78 Å². The van der Waals surface area contributed by atoms with Gasteiger partial charge in [0.25, 0.3) is 5.92 Å². The summed E-state index contributed by atoms with van der Waals surface area (Å²) in [7, 11) is 0. The molecule has 1 aromatic heterocycles. The minimum Gasteiger partial charge on any atom is -0.481 e. The van der Waals surface area contributed by atoms with Gasteiger partial charge in [0.15, 0.2) is 0 Å². The molecule has 1 aliphatic carbocycles. The molecule has 0 radical (unpaired) electrons. The first-order chi connectivity index (χ1) is 14.3. The van der Waals surface area contributed by atoms with Gasteiger partial charge in [-0.2, -0.15) is 0 Å². The first-order valence-corrected chi connectivity index (χ1v) is 11.2. The van der Waals surface area contributed by atoms with Crippen LogP contribution < -0.4 is 0 Å². The van der Waals surface area contributed by atoms with E-state index in [2.05, 4.69) is 0 Å². The van der Waals surface area contributed by atoms with Gasteiger partial charge in [-0.3, -0.25) is 4.79 Å². The molecule has 0 aliphatic heterocycles. The average molecular weight is 439 g/mol. The van der Waals surface area contributed by atoms with Crippen LogP contribution in [0.5, 0.6) is 0 Å². The van der Waals surface area contributed by atoms with E-state index in [0.29, 0.717) is 25.7 Å². The van der Waals surface area contributed by atoms with Crippen LogP contribution in [0.3, 0.4) is 0 Å². The SMILES string of the molecule is O=C(O)CCCCCC[C@@H]1[C@@H](C=C[C@@H](O)c2cc3ccccc3s2)[C@H](O)CC1(F)F. The Morgan fingerprint density at radius 2 is 1.97 bits per heavy atom. The van der Waals surface area contributed by atoms with Gasteiger partial charge in [0, 0.05) is 34.3 Å². The number of benzene rings is 1. The number of alkyl halides is 2. The van der Waals surface area contributed by atoms with Gasteiger partial charge in [-0.05, 0) is 30.4 Å². The van der Waals surface area contributed by atoms with Crippen LogP contribution >= 0.6 is 11.3 Å². The number of halogens is 2. The summed E-state index contributed by atoms with van der Waals surface area (Å²) in [6.45, 7) is 0. The Bertz CT molecular complexity index is 846. The van der Waals surface area contributed by atoms with Crippen molar-refractivity contribution in [3.8, 4) is 0 Å². The molecule has 4 nitrogen and oxygen atoms in total. The standard InChI is InChI=1S/C23H28F2O4S/c24-23(25)14-19(27)16(17(23)8-3-1-2-4-10-22(28)29)11-12-18(26)21-13-15-7-5-6-9-20(15)30-21/h5-7,9,11-13,16-19,26-27H,1-4,8,10,14H2,(H,28,29)/t16-,17-,18-,19-/m1/s1. The van der Waals surface area contributed by atoms with Gasteiger partial charge < -0.3 is 15.3 Å². The van der Waals surface area contributed by atoms with Crippen LogP contribution in [0.1, 0.15) is 55.9 Å². The number of carboxylic acids is 1. The van der Waals surface area contributed by atoms with Crippen molar-refractivity contribution in [3.05, 3.63) is 47.4 Å². The van der Waals surface area contributed by atoms with Crippen molar-refractivity contribution in [1.82, 2.24) is 0 Å². The molecular weight excluding hydrogens is 410 g/mol. The predicted octanol–water partition coefficient (Wildman–Crippen LogP) is 5.55. The zero-order chi connectivity index (χ0) is 21.7. The zero-order valence-corrected chi connectivity index (χ0v) is 17.5. The van der Waals surface area contributed by atoms with Gasteiger partial charge in [-0.1, -0.05) is 49.6 Å². The Hall–Kier alpha value is -1.83. The maximum Gasteiger partial charge on any atom is 0.303 e.